The van der Waals surface area contributed by atoms with E-state index in [2.05, 4.69) is 4.90 Å². The largest absolute Gasteiger partial charge is 0.504 e. The molecule has 0 bridgehead atoms. The Morgan fingerprint density at radius 2 is 1.74 bits per heavy atom. The molecule has 1 aromatic rings. The molecule has 19 heavy (non-hydrogen) atoms. The predicted molar refractivity (Wildman–Crippen MR) is 69.7 cm³/mol. The Hall–Kier alpha value is -1.79. The van der Waals surface area contributed by atoms with Crippen LogP contribution in [0.3, 0.4) is 0 Å². The van der Waals surface area contributed by atoms with Crippen molar-refractivity contribution >= 4 is 5.78 Å². The van der Waals surface area contributed by atoms with Crippen molar-refractivity contribution in [1.29, 1.82) is 0 Å². The smallest absolute Gasteiger partial charge is 0.201 e. The Labute approximate surface area is 111 Å². The first-order valence-electron chi connectivity index (χ1n) is 6.17. The number of hydrogen-bond acceptors (Lipinski definition) is 6. The Morgan fingerprint density at radius 3 is 2.37 bits per heavy atom. The van der Waals surface area contributed by atoms with Crippen LogP contribution in [0.15, 0.2) is 12.1 Å². The molecule has 0 atom stereocenters. The Kier molecular flexibility index (Phi) is 3.92. The number of nitrogens with zero attached hydrogens (tertiary/aromatic N) is 2. The van der Waals surface area contributed by atoms with Crippen LogP contribution in [-0.2, 0) is 0 Å². The normalized spacial score (nSPS) is 17.5. The van der Waals surface area contributed by atoms with Gasteiger partial charge in [0.15, 0.2) is 17.3 Å². The number of carbonyl (C=O) groups excluding carboxylic acids is 1. The summed E-state index contributed by atoms with van der Waals surface area (Å²) in [6.45, 7) is 3.60. The van der Waals surface area contributed by atoms with Crippen LogP contribution < -0.4 is 0 Å². The van der Waals surface area contributed by atoms with Gasteiger partial charge in [-0.3, -0.25) is 9.69 Å². The topological polar surface area (TPSA) is 84.2 Å². The van der Waals surface area contributed by atoms with Gasteiger partial charge in [-0.1, -0.05) is 0 Å². The number of Topliss-reactive ketones (excluding diaryl/α,β-unsaturated/α-hetero) is 1. The van der Waals surface area contributed by atoms with E-state index in [0.717, 1.165) is 26.2 Å². The van der Waals surface area contributed by atoms with Crippen molar-refractivity contribution in [3.8, 4) is 17.2 Å². The monoisotopic (exact) mass is 266 g/mol. The van der Waals surface area contributed by atoms with Crippen LogP contribution in [0.5, 0.6) is 17.2 Å². The number of benzene rings is 1. The van der Waals surface area contributed by atoms with E-state index in [1.54, 1.807) is 0 Å². The Balaban J connectivity index is 2.06. The maximum absolute atomic E-state index is 12.1. The highest BCUT2D eigenvalue weighted by Gasteiger charge is 2.21. The molecule has 0 radical (unpaired) electrons. The van der Waals surface area contributed by atoms with Crippen molar-refractivity contribution in [2.24, 2.45) is 0 Å². The second-order valence-corrected chi connectivity index (χ2v) is 4.83. The van der Waals surface area contributed by atoms with Crippen molar-refractivity contribution in [2.75, 3.05) is 39.8 Å². The molecule has 0 unspecified atom stereocenters. The van der Waals surface area contributed by atoms with E-state index in [1.807, 2.05) is 11.9 Å². The second-order valence-electron chi connectivity index (χ2n) is 4.83. The third-order valence-corrected chi connectivity index (χ3v) is 3.39. The fourth-order valence-corrected chi connectivity index (χ4v) is 2.09. The van der Waals surface area contributed by atoms with Gasteiger partial charge in [0.25, 0.3) is 0 Å². The number of likely N-dealkylation sites (N-methyl/N-ethyl adjacent to an activating group) is 1. The summed E-state index contributed by atoms with van der Waals surface area (Å²) >= 11 is 0. The van der Waals surface area contributed by atoms with Crippen LogP contribution in [0.2, 0.25) is 0 Å². The third kappa shape index (κ3) is 2.97. The molecule has 0 saturated carbocycles. The molecule has 0 amide bonds. The van der Waals surface area contributed by atoms with Crippen molar-refractivity contribution in [2.45, 2.75) is 0 Å². The first kappa shape index (κ1) is 13.6. The van der Waals surface area contributed by atoms with Crippen LogP contribution in [0.1, 0.15) is 10.4 Å². The molecule has 2 rings (SSSR count). The Bertz CT molecular complexity index is 482. The molecule has 1 saturated heterocycles. The average Bonchev–Trinajstić information content (AvgIpc) is 2.39. The summed E-state index contributed by atoms with van der Waals surface area (Å²) in [6.07, 6.45) is 0. The van der Waals surface area contributed by atoms with Crippen LogP contribution in [0, 0.1) is 0 Å². The minimum absolute atomic E-state index is 0.0363. The maximum atomic E-state index is 12.1. The van der Waals surface area contributed by atoms with E-state index in [4.69, 9.17) is 0 Å². The lowest BCUT2D eigenvalue weighted by Gasteiger charge is -2.31. The predicted octanol–water partition coefficient (Wildman–Crippen LogP) is 0.233. The lowest BCUT2D eigenvalue weighted by molar-refractivity contribution is 0.0873. The summed E-state index contributed by atoms with van der Waals surface area (Å²) in [4.78, 5) is 16.3. The highest BCUT2D eigenvalue weighted by Crippen LogP contribution is 2.37. The zero-order valence-corrected chi connectivity index (χ0v) is 10.8. The molecule has 1 heterocycles. The third-order valence-electron chi connectivity index (χ3n) is 3.39. The molecule has 6 heteroatoms. The molecule has 6 nitrogen and oxygen atoms in total. The standard InChI is InChI=1S/C13H18N2O4/c1-14-4-6-15(7-5-14)8-11(17)9-2-3-10(16)13(19)12(9)18/h2-3,16,18-19H,4-8H2,1H3. The molecule has 104 valence electrons. The Morgan fingerprint density at radius 1 is 1.11 bits per heavy atom. The SMILES string of the molecule is CN1CCN(CC(=O)c2ccc(O)c(O)c2O)CC1. The average molecular weight is 266 g/mol. The molecule has 1 aliphatic rings. The quantitative estimate of drug-likeness (QED) is 0.536. The molecule has 1 aliphatic heterocycles. The van der Waals surface area contributed by atoms with Gasteiger partial charge in [-0.25, -0.2) is 0 Å². The zero-order chi connectivity index (χ0) is 14.0. The summed E-state index contributed by atoms with van der Waals surface area (Å²) < 4.78 is 0. The van der Waals surface area contributed by atoms with Gasteiger partial charge in [-0.05, 0) is 19.2 Å². The van der Waals surface area contributed by atoms with E-state index < -0.39 is 17.2 Å². The number of piperazine rings is 1. The molecular weight excluding hydrogens is 248 g/mol. The minimum atomic E-state index is -0.649. The number of phenols is 3. The molecule has 1 aromatic carbocycles. The second kappa shape index (κ2) is 5.46. The van der Waals surface area contributed by atoms with Crippen LogP contribution in [0.25, 0.3) is 0 Å². The number of phenolic OH excluding ortho intramolecular Hbond substituents is 3. The molecule has 1 fully saturated rings. The van der Waals surface area contributed by atoms with Crippen LogP contribution in [-0.4, -0.2) is 70.7 Å². The zero-order valence-electron chi connectivity index (χ0n) is 10.8. The van der Waals surface area contributed by atoms with E-state index in [1.165, 1.54) is 12.1 Å². The van der Waals surface area contributed by atoms with E-state index in [9.17, 15) is 20.1 Å². The number of carbonyl (C=O) groups is 1. The number of hydrogen-bond donors (Lipinski definition) is 3. The van der Waals surface area contributed by atoms with Gasteiger partial charge < -0.3 is 20.2 Å². The van der Waals surface area contributed by atoms with Gasteiger partial charge in [-0.2, -0.15) is 0 Å². The summed E-state index contributed by atoms with van der Waals surface area (Å²) in [7, 11) is 2.03. The fraction of sp³-hybridized carbons (Fsp3) is 0.462. The lowest BCUT2D eigenvalue weighted by Crippen LogP contribution is -2.46. The van der Waals surface area contributed by atoms with E-state index in [0.29, 0.717) is 0 Å². The summed E-state index contributed by atoms with van der Waals surface area (Å²) in [5.41, 5.74) is 0.0363. The number of aromatic hydroxyl groups is 3. The number of rotatable bonds is 3. The summed E-state index contributed by atoms with van der Waals surface area (Å²) in [5, 5.41) is 28.3. The van der Waals surface area contributed by atoms with Gasteiger partial charge in [0.05, 0.1) is 12.1 Å². The van der Waals surface area contributed by atoms with Gasteiger partial charge in [0.2, 0.25) is 5.75 Å². The van der Waals surface area contributed by atoms with Gasteiger partial charge in [0, 0.05) is 26.2 Å². The summed E-state index contributed by atoms with van der Waals surface area (Å²) in [6, 6.07) is 2.52. The number of ketones is 1. The van der Waals surface area contributed by atoms with Crippen LogP contribution >= 0.6 is 0 Å². The highest BCUT2D eigenvalue weighted by molar-refractivity contribution is 6.01. The molecule has 3 N–H and O–H groups in total. The molecule has 0 spiro atoms. The van der Waals surface area contributed by atoms with Crippen molar-refractivity contribution in [1.82, 2.24) is 9.80 Å². The molecule has 0 aliphatic carbocycles. The van der Waals surface area contributed by atoms with Gasteiger partial charge in [0.1, 0.15) is 0 Å². The van der Waals surface area contributed by atoms with Gasteiger partial charge in [-0.15, -0.1) is 0 Å². The highest BCUT2D eigenvalue weighted by atomic mass is 16.3. The first-order chi connectivity index (χ1) is 8.99. The molecule has 0 aromatic heterocycles. The van der Waals surface area contributed by atoms with Crippen molar-refractivity contribution in [3.05, 3.63) is 17.7 Å². The van der Waals surface area contributed by atoms with Crippen molar-refractivity contribution < 1.29 is 20.1 Å². The fourth-order valence-electron chi connectivity index (χ4n) is 2.09. The van der Waals surface area contributed by atoms with Gasteiger partial charge >= 0.3 is 0 Å². The minimum Gasteiger partial charge on any atom is -0.504 e. The lowest BCUT2D eigenvalue weighted by atomic mass is 10.1. The first-order valence-corrected chi connectivity index (χ1v) is 6.17. The van der Waals surface area contributed by atoms with E-state index >= 15 is 0 Å². The van der Waals surface area contributed by atoms with E-state index in [-0.39, 0.29) is 17.9 Å². The summed E-state index contributed by atoms with van der Waals surface area (Å²) in [5.74, 6) is -1.91. The maximum Gasteiger partial charge on any atom is 0.201 e. The van der Waals surface area contributed by atoms with Crippen molar-refractivity contribution in [3.63, 3.8) is 0 Å². The molecular formula is C13H18N2O4. The van der Waals surface area contributed by atoms with Crippen LogP contribution in [0.4, 0.5) is 0 Å².